The smallest absolute Gasteiger partial charge is 0.257 e. The molecular weight excluding hydrogens is 328 g/mol. The lowest BCUT2D eigenvalue weighted by molar-refractivity contribution is 0.00860. The first-order valence-corrected chi connectivity index (χ1v) is 9.31. The predicted octanol–water partition coefficient (Wildman–Crippen LogP) is 2.06. The molecule has 1 amide bonds. The van der Waals surface area contributed by atoms with Gasteiger partial charge in [0.05, 0.1) is 30.7 Å². The van der Waals surface area contributed by atoms with Crippen LogP contribution in [0.25, 0.3) is 5.69 Å². The maximum absolute atomic E-state index is 13.1. The number of amides is 1. The fourth-order valence-electron chi connectivity index (χ4n) is 4.17. The Balaban J connectivity index is 1.50. The van der Waals surface area contributed by atoms with Crippen molar-refractivity contribution in [3.05, 3.63) is 48.3 Å². The topological polar surface area (TPSA) is 50.6 Å². The third-order valence-electron chi connectivity index (χ3n) is 5.43. The summed E-state index contributed by atoms with van der Waals surface area (Å²) in [5.41, 5.74) is 1.66. The van der Waals surface area contributed by atoms with Crippen LogP contribution in [0, 0.1) is 5.41 Å². The van der Waals surface area contributed by atoms with Gasteiger partial charge in [-0.2, -0.15) is 5.10 Å². The van der Waals surface area contributed by atoms with Crippen molar-refractivity contribution in [1.82, 2.24) is 19.6 Å². The van der Waals surface area contributed by atoms with E-state index >= 15 is 0 Å². The van der Waals surface area contributed by atoms with Gasteiger partial charge in [0.15, 0.2) is 0 Å². The zero-order valence-corrected chi connectivity index (χ0v) is 15.3. The zero-order chi connectivity index (χ0) is 18.0. The molecule has 1 aromatic carbocycles. The van der Waals surface area contributed by atoms with Crippen molar-refractivity contribution in [3.63, 3.8) is 0 Å². The van der Waals surface area contributed by atoms with E-state index in [9.17, 15) is 4.79 Å². The highest BCUT2D eigenvalue weighted by Crippen LogP contribution is 2.33. The molecule has 6 nitrogen and oxygen atoms in total. The quantitative estimate of drug-likeness (QED) is 0.828. The first kappa shape index (κ1) is 17.2. The number of piperidine rings is 1. The Morgan fingerprint density at radius 2 is 2.04 bits per heavy atom. The first-order valence-electron chi connectivity index (χ1n) is 9.31. The summed E-state index contributed by atoms with van der Waals surface area (Å²) in [6, 6.07) is 9.87. The summed E-state index contributed by atoms with van der Waals surface area (Å²) in [6.07, 6.45) is 5.64. The lowest BCUT2D eigenvalue weighted by atomic mass is 9.80. The van der Waals surface area contributed by atoms with Gasteiger partial charge >= 0.3 is 0 Å². The summed E-state index contributed by atoms with van der Waals surface area (Å²) in [5, 5.41) is 4.37. The second-order valence-corrected chi connectivity index (χ2v) is 7.63. The van der Waals surface area contributed by atoms with Gasteiger partial charge in [-0.1, -0.05) is 18.2 Å². The molecule has 4 rings (SSSR count). The third-order valence-corrected chi connectivity index (χ3v) is 5.43. The highest BCUT2D eigenvalue weighted by atomic mass is 16.5. The van der Waals surface area contributed by atoms with Gasteiger partial charge in [0.1, 0.15) is 0 Å². The van der Waals surface area contributed by atoms with Gasteiger partial charge in [0.25, 0.3) is 5.91 Å². The fraction of sp³-hybridized carbons (Fsp3) is 0.500. The molecule has 1 atom stereocenters. The van der Waals surface area contributed by atoms with Gasteiger partial charge in [0.2, 0.25) is 0 Å². The van der Waals surface area contributed by atoms with Crippen LogP contribution in [-0.2, 0) is 4.74 Å². The van der Waals surface area contributed by atoms with Gasteiger partial charge in [-0.15, -0.1) is 0 Å². The molecule has 2 fully saturated rings. The summed E-state index contributed by atoms with van der Waals surface area (Å²) >= 11 is 0. The van der Waals surface area contributed by atoms with E-state index in [1.807, 2.05) is 41.4 Å². The van der Waals surface area contributed by atoms with Crippen LogP contribution in [0.1, 0.15) is 23.2 Å². The minimum absolute atomic E-state index is 0.0502. The number of likely N-dealkylation sites (N-methyl/N-ethyl adjacent to an activating group) is 1. The monoisotopic (exact) mass is 354 g/mol. The Morgan fingerprint density at radius 1 is 1.19 bits per heavy atom. The second kappa shape index (κ2) is 7.21. The van der Waals surface area contributed by atoms with Crippen LogP contribution in [0.3, 0.4) is 0 Å². The van der Waals surface area contributed by atoms with E-state index in [1.54, 1.807) is 10.9 Å². The van der Waals surface area contributed by atoms with Crippen LogP contribution in [0.5, 0.6) is 0 Å². The van der Waals surface area contributed by atoms with E-state index in [-0.39, 0.29) is 11.3 Å². The van der Waals surface area contributed by atoms with Crippen molar-refractivity contribution in [3.8, 4) is 5.69 Å². The van der Waals surface area contributed by atoms with Crippen molar-refractivity contribution < 1.29 is 9.53 Å². The summed E-state index contributed by atoms with van der Waals surface area (Å²) in [5.74, 6) is 0.0677. The molecule has 2 aliphatic rings. The van der Waals surface area contributed by atoms with E-state index in [0.717, 1.165) is 57.9 Å². The van der Waals surface area contributed by atoms with E-state index in [0.29, 0.717) is 5.56 Å². The molecule has 0 bridgehead atoms. The SMILES string of the molecule is CN1CCOCC2(CCCN(C(=O)c3cnn(-c4ccccc4)c3)C2)C1. The van der Waals surface area contributed by atoms with Crippen LogP contribution in [-0.4, -0.2) is 71.9 Å². The number of nitrogens with zero attached hydrogens (tertiary/aromatic N) is 4. The van der Waals surface area contributed by atoms with E-state index in [2.05, 4.69) is 17.0 Å². The number of ether oxygens (including phenoxy) is 1. The summed E-state index contributed by atoms with van der Waals surface area (Å²) in [7, 11) is 2.14. The van der Waals surface area contributed by atoms with Crippen molar-refractivity contribution in [2.45, 2.75) is 12.8 Å². The molecule has 6 heteroatoms. The third kappa shape index (κ3) is 3.52. The molecule has 26 heavy (non-hydrogen) atoms. The fourth-order valence-corrected chi connectivity index (χ4v) is 4.17. The molecule has 0 radical (unpaired) electrons. The number of likely N-dealkylation sites (tertiary alicyclic amines) is 1. The molecule has 1 aromatic heterocycles. The molecule has 0 N–H and O–H groups in total. The maximum atomic E-state index is 13.1. The Labute approximate surface area is 154 Å². The first-order chi connectivity index (χ1) is 12.7. The highest BCUT2D eigenvalue weighted by molar-refractivity contribution is 5.94. The Morgan fingerprint density at radius 3 is 2.88 bits per heavy atom. The largest absolute Gasteiger partial charge is 0.379 e. The summed E-state index contributed by atoms with van der Waals surface area (Å²) in [6.45, 7) is 5.02. The van der Waals surface area contributed by atoms with Gasteiger partial charge in [-0.25, -0.2) is 4.68 Å². The van der Waals surface area contributed by atoms with Crippen LogP contribution < -0.4 is 0 Å². The number of carbonyl (C=O) groups excluding carboxylic acids is 1. The molecule has 2 aliphatic heterocycles. The zero-order valence-electron chi connectivity index (χ0n) is 15.3. The van der Waals surface area contributed by atoms with Crippen molar-refractivity contribution >= 4 is 5.91 Å². The lowest BCUT2D eigenvalue weighted by Crippen LogP contribution is -2.51. The molecule has 0 saturated carbocycles. The number of hydrogen-bond donors (Lipinski definition) is 0. The van der Waals surface area contributed by atoms with Crippen LogP contribution in [0.2, 0.25) is 0 Å². The maximum Gasteiger partial charge on any atom is 0.257 e. The number of carbonyl (C=O) groups is 1. The van der Waals surface area contributed by atoms with Gasteiger partial charge in [0, 0.05) is 37.8 Å². The summed E-state index contributed by atoms with van der Waals surface area (Å²) in [4.78, 5) is 17.4. The molecule has 0 aliphatic carbocycles. The molecule has 2 aromatic rings. The van der Waals surface area contributed by atoms with Gasteiger partial charge < -0.3 is 14.5 Å². The van der Waals surface area contributed by atoms with Crippen molar-refractivity contribution in [2.24, 2.45) is 5.41 Å². The molecular formula is C20H26N4O2. The van der Waals surface area contributed by atoms with Gasteiger partial charge in [-0.05, 0) is 32.0 Å². The molecule has 138 valence electrons. The predicted molar refractivity (Wildman–Crippen MR) is 99.5 cm³/mol. The number of aromatic nitrogens is 2. The summed E-state index contributed by atoms with van der Waals surface area (Å²) < 4.78 is 7.62. The average molecular weight is 354 g/mol. The molecule has 2 saturated heterocycles. The Kier molecular flexibility index (Phi) is 4.78. The van der Waals surface area contributed by atoms with E-state index in [1.165, 1.54) is 0 Å². The normalized spacial score (nSPS) is 24.6. The van der Waals surface area contributed by atoms with Crippen molar-refractivity contribution in [1.29, 1.82) is 0 Å². The Hall–Kier alpha value is -2.18. The lowest BCUT2D eigenvalue weighted by Gasteiger charge is -2.43. The number of para-hydroxylation sites is 1. The average Bonchev–Trinajstić information content (AvgIpc) is 3.09. The standard InChI is InChI=1S/C20H26N4O2/c1-22-10-11-26-16-20(14-22)8-5-9-23(15-20)19(25)17-12-21-24(13-17)18-6-3-2-4-7-18/h2-4,6-7,12-13H,5,8-11,14-16H2,1H3. The highest BCUT2D eigenvalue weighted by Gasteiger charge is 2.39. The van der Waals surface area contributed by atoms with Crippen LogP contribution in [0.4, 0.5) is 0 Å². The molecule has 3 heterocycles. The minimum atomic E-state index is 0.0502. The van der Waals surface area contributed by atoms with Gasteiger partial charge in [-0.3, -0.25) is 4.79 Å². The van der Waals surface area contributed by atoms with Crippen LogP contribution in [0.15, 0.2) is 42.7 Å². The molecule has 1 unspecified atom stereocenters. The minimum Gasteiger partial charge on any atom is -0.379 e. The van der Waals surface area contributed by atoms with E-state index < -0.39 is 0 Å². The number of rotatable bonds is 2. The Bertz CT molecular complexity index is 760. The van der Waals surface area contributed by atoms with E-state index in [4.69, 9.17) is 4.74 Å². The second-order valence-electron chi connectivity index (χ2n) is 7.63. The van der Waals surface area contributed by atoms with Crippen molar-refractivity contribution in [2.75, 3.05) is 46.4 Å². The molecule has 1 spiro atoms. The number of benzene rings is 1. The number of hydrogen-bond acceptors (Lipinski definition) is 4. The van der Waals surface area contributed by atoms with Crippen LogP contribution >= 0.6 is 0 Å².